The number of rotatable bonds is 4. The highest BCUT2D eigenvalue weighted by atomic mass is 35.5. The van der Waals surface area contributed by atoms with Gasteiger partial charge in [0.05, 0.1) is 20.8 Å². The van der Waals surface area contributed by atoms with Crippen LogP contribution in [0.4, 0.5) is 0 Å². The summed E-state index contributed by atoms with van der Waals surface area (Å²) in [5.41, 5.74) is 2.92. The normalized spacial score (nSPS) is 12.4. The lowest BCUT2D eigenvalue weighted by atomic mass is 10.1. The molecule has 0 aliphatic carbocycles. The summed E-state index contributed by atoms with van der Waals surface area (Å²) in [7, 11) is 0. The van der Waals surface area contributed by atoms with Crippen LogP contribution < -0.4 is 5.32 Å². The van der Waals surface area contributed by atoms with Crippen molar-refractivity contribution in [2.75, 3.05) is 0 Å². The van der Waals surface area contributed by atoms with E-state index in [1.54, 1.807) is 6.07 Å². The van der Waals surface area contributed by atoms with Crippen LogP contribution in [0.15, 0.2) is 30.3 Å². The predicted octanol–water partition coefficient (Wildman–Crippen LogP) is 5.20. The molecule has 0 amide bonds. The number of pyridine rings is 1. The largest absolute Gasteiger partial charge is 0.305 e. The molecule has 5 heteroatoms. The van der Waals surface area contributed by atoms with Crippen LogP contribution in [0.5, 0.6) is 0 Å². The highest BCUT2D eigenvalue weighted by Crippen LogP contribution is 2.35. The average molecular weight is 330 g/mol. The van der Waals surface area contributed by atoms with Crippen molar-refractivity contribution in [3.8, 4) is 0 Å². The van der Waals surface area contributed by atoms with Gasteiger partial charge in [0.1, 0.15) is 0 Å². The standard InChI is InChI=1S/C15H15Cl3N2/c1-9-4-3-5-11(20-9)8-19-10(2)12-6-7-13(16)15(18)14(12)17/h3-7,10,19H,8H2,1-2H3. The second-order valence-electron chi connectivity index (χ2n) is 4.64. The second kappa shape index (κ2) is 6.77. The molecule has 0 spiro atoms. The fourth-order valence-electron chi connectivity index (χ4n) is 1.94. The first-order valence-corrected chi connectivity index (χ1v) is 7.41. The van der Waals surface area contributed by atoms with Crippen LogP contribution in [0.3, 0.4) is 0 Å². The van der Waals surface area contributed by atoms with Gasteiger partial charge in [0.15, 0.2) is 0 Å². The van der Waals surface area contributed by atoms with E-state index in [1.165, 1.54) is 0 Å². The minimum atomic E-state index is 0.0552. The lowest BCUT2D eigenvalue weighted by molar-refractivity contribution is 0.567. The molecule has 2 nitrogen and oxygen atoms in total. The van der Waals surface area contributed by atoms with Crippen LogP contribution in [0.2, 0.25) is 15.1 Å². The molecule has 20 heavy (non-hydrogen) atoms. The molecule has 106 valence electrons. The van der Waals surface area contributed by atoms with Gasteiger partial charge in [-0.25, -0.2) is 0 Å². The Morgan fingerprint density at radius 1 is 1.10 bits per heavy atom. The molecule has 0 saturated heterocycles. The number of nitrogens with one attached hydrogen (secondary N) is 1. The van der Waals surface area contributed by atoms with Crippen LogP contribution in [0.25, 0.3) is 0 Å². The van der Waals surface area contributed by atoms with E-state index < -0.39 is 0 Å². The van der Waals surface area contributed by atoms with Gasteiger partial charge in [-0.3, -0.25) is 4.98 Å². The Morgan fingerprint density at radius 3 is 2.55 bits per heavy atom. The number of hydrogen-bond acceptors (Lipinski definition) is 2. The molecule has 0 fully saturated rings. The summed E-state index contributed by atoms with van der Waals surface area (Å²) in [6.45, 7) is 4.67. The molecule has 1 aromatic heterocycles. The van der Waals surface area contributed by atoms with Gasteiger partial charge in [-0.1, -0.05) is 46.9 Å². The van der Waals surface area contributed by atoms with E-state index in [1.807, 2.05) is 38.1 Å². The Hall–Kier alpha value is -0.800. The van der Waals surface area contributed by atoms with Crippen LogP contribution in [0.1, 0.15) is 29.9 Å². The summed E-state index contributed by atoms with van der Waals surface area (Å²) >= 11 is 18.2. The maximum absolute atomic E-state index is 6.23. The molecule has 0 saturated carbocycles. The third-order valence-corrected chi connectivity index (χ3v) is 4.38. The van der Waals surface area contributed by atoms with Crippen molar-refractivity contribution >= 4 is 34.8 Å². The number of nitrogens with zero attached hydrogens (tertiary/aromatic N) is 1. The maximum Gasteiger partial charge on any atom is 0.0781 e. The summed E-state index contributed by atoms with van der Waals surface area (Å²) in [5.74, 6) is 0. The molecular weight excluding hydrogens is 315 g/mol. The van der Waals surface area contributed by atoms with Gasteiger partial charge in [0.25, 0.3) is 0 Å². The average Bonchev–Trinajstić information content (AvgIpc) is 2.42. The summed E-state index contributed by atoms with van der Waals surface area (Å²) in [6.07, 6.45) is 0. The molecule has 1 heterocycles. The summed E-state index contributed by atoms with van der Waals surface area (Å²) in [6, 6.07) is 9.66. The molecule has 0 aliphatic rings. The Bertz CT molecular complexity index is 614. The van der Waals surface area contributed by atoms with E-state index in [2.05, 4.69) is 10.3 Å². The minimum absolute atomic E-state index is 0.0552. The van der Waals surface area contributed by atoms with E-state index in [0.717, 1.165) is 17.0 Å². The molecule has 1 unspecified atom stereocenters. The Kier molecular flexibility index (Phi) is 5.28. The molecule has 1 aromatic carbocycles. The monoisotopic (exact) mass is 328 g/mol. The molecule has 0 aliphatic heterocycles. The van der Waals surface area contributed by atoms with E-state index in [9.17, 15) is 0 Å². The van der Waals surface area contributed by atoms with Crippen molar-refractivity contribution in [3.05, 3.63) is 62.4 Å². The highest BCUT2D eigenvalue weighted by molar-refractivity contribution is 6.48. The quantitative estimate of drug-likeness (QED) is 0.780. The topological polar surface area (TPSA) is 24.9 Å². The van der Waals surface area contributed by atoms with Crippen molar-refractivity contribution in [3.63, 3.8) is 0 Å². The molecule has 1 N–H and O–H groups in total. The van der Waals surface area contributed by atoms with Crippen molar-refractivity contribution in [2.45, 2.75) is 26.4 Å². The van der Waals surface area contributed by atoms with E-state index >= 15 is 0 Å². The number of aromatic nitrogens is 1. The predicted molar refractivity (Wildman–Crippen MR) is 85.7 cm³/mol. The van der Waals surface area contributed by atoms with Gasteiger partial charge in [0.2, 0.25) is 0 Å². The van der Waals surface area contributed by atoms with Crippen molar-refractivity contribution < 1.29 is 0 Å². The molecule has 0 radical (unpaired) electrons. The number of aryl methyl sites for hydroxylation is 1. The van der Waals surface area contributed by atoms with E-state index in [-0.39, 0.29) is 6.04 Å². The molecule has 2 aromatic rings. The van der Waals surface area contributed by atoms with Gasteiger partial charge in [0, 0.05) is 18.3 Å². The summed E-state index contributed by atoms with van der Waals surface area (Å²) in [4.78, 5) is 4.45. The smallest absolute Gasteiger partial charge is 0.0781 e. The lowest BCUT2D eigenvalue weighted by Gasteiger charge is -2.16. The third-order valence-electron chi connectivity index (χ3n) is 3.07. The van der Waals surface area contributed by atoms with Crippen LogP contribution >= 0.6 is 34.8 Å². The zero-order valence-electron chi connectivity index (χ0n) is 11.3. The zero-order valence-corrected chi connectivity index (χ0v) is 13.5. The van der Waals surface area contributed by atoms with Gasteiger partial charge in [-0.05, 0) is 37.6 Å². The fourth-order valence-corrected chi connectivity index (χ4v) is 2.65. The number of hydrogen-bond donors (Lipinski definition) is 1. The minimum Gasteiger partial charge on any atom is -0.305 e. The third kappa shape index (κ3) is 3.64. The van der Waals surface area contributed by atoms with E-state index in [0.29, 0.717) is 21.6 Å². The second-order valence-corrected chi connectivity index (χ2v) is 5.80. The molecule has 1 atom stereocenters. The molecule has 0 bridgehead atoms. The Morgan fingerprint density at radius 2 is 1.85 bits per heavy atom. The van der Waals surface area contributed by atoms with E-state index in [4.69, 9.17) is 34.8 Å². The summed E-state index contributed by atoms with van der Waals surface area (Å²) in [5, 5.41) is 4.74. The van der Waals surface area contributed by atoms with Gasteiger partial charge in [-0.2, -0.15) is 0 Å². The number of benzene rings is 1. The highest BCUT2D eigenvalue weighted by Gasteiger charge is 2.14. The van der Waals surface area contributed by atoms with Crippen LogP contribution in [0, 0.1) is 6.92 Å². The lowest BCUT2D eigenvalue weighted by Crippen LogP contribution is -2.19. The maximum atomic E-state index is 6.23. The summed E-state index contributed by atoms with van der Waals surface area (Å²) < 4.78 is 0. The van der Waals surface area contributed by atoms with Gasteiger partial charge < -0.3 is 5.32 Å². The SMILES string of the molecule is Cc1cccc(CNC(C)c2ccc(Cl)c(Cl)c2Cl)n1. The Labute approximate surface area is 134 Å². The fraction of sp³-hybridized carbons (Fsp3) is 0.267. The molecular formula is C15H15Cl3N2. The first-order valence-electron chi connectivity index (χ1n) is 6.28. The van der Waals surface area contributed by atoms with Crippen LogP contribution in [-0.2, 0) is 6.54 Å². The first-order chi connectivity index (χ1) is 9.49. The van der Waals surface area contributed by atoms with Crippen molar-refractivity contribution in [1.82, 2.24) is 10.3 Å². The number of halogens is 3. The van der Waals surface area contributed by atoms with Gasteiger partial charge >= 0.3 is 0 Å². The first kappa shape index (κ1) is 15.6. The zero-order chi connectivity index (χ0) is 14.7. The Balaban J connectivity index is 2.09. The van der Waals surface area contributed by atoms with Crippen LogP contribution in [-0.4, -0.2) is 4.98 Å². The van der Waals surface area contributed by atoms with Gasteiger partial charge in [-0.15, -0.1) is 0 Å². The molecule has 2 rings (SSSR count). The van der Waals surface area contributed by atoms with Crippen molar-refractivity contribution in [1.29, 1.82) is 0 Å². The van der Waals surface area contributed by atoms with Crippen molar-refractivity contribution in [2.24, 2.45) is 0 Å².